The molecule has 1 aromatic carbocycles. The van der Waals surface area contributed by atoms with E-state index in [0.717, 1.165) is 18.4 Å². The second-order valence-electron chi connectivity index (χ2n) is 6.15. The smallest absolute Gasteiger partial charge is 0.322 e. The van der Waals surface area contributed by atoms with Crippen LogP contribution in [0.15, 0.2) is 29.2 Å². The fraction of sp³-hybridized carbons (Fsp3) is 0.533. The molecule has 0 amide bonds. The number of benzene rings is 1. The maximum atomic E-state index is 12.3. The SMILES string of the molecule is CCCc1ccc(S(=O)(=O)NC(C(=O)O)C(C)(C)C)cc1. The van der Waals surface area contributed by atoms with Gasteiger partial charge in [0, 0.05) is 0 Å². The minimum atomic E-state index is -3.85. The normalized spacial score (nSPS) is 13.9. The Labute approximate surface area is 126 Å². The summed E-state index contributed by atoms with van der Waals surface area (Å²) in [4.78, 5) is 11.3. The Kier molecular flexibility index (Phi) is 5.53. The van der Waals surface area contributed by atoms with E-state index in [1.54, 1.807) is 32.9 Å². The summed E-state index contributed by atoms with van der Waals surface area (Å²) in [7, 11) is -3.85. The Bertz CT molecular complexity index is 585. The van der Waals surface area contributed by atoms with E-state index < -0.39 is 27.4 Å². The molecule has 0 spiro atoms. The summed E-state index contributed by atoms with van der Waals surface area (Å²) in [6.45, 7) is 7.09. The average molecular weight is 313 g/mol. The summed E-state index contributed by atoms with van der Waals surface area (Å²) in [5.41, 5.74) is 0.336. The molecule has 1 atom stereocenters. The maximum Gasteiger partial charge on any atom is 0.322 e. The van der Waals surface area contributed by atoms with Crippen molar-refractivity contribution in [2.45, 2.75) is 51.5 Å². The molecular weight excluding hydrogens is 290 g/mol. The van der Waals surface area contributed by atoms with Crippen LogP contribution in [0.2, 0.25) is 0 Å². The molecule has 0 heterocycles. The lowest BCUT2D eigenvalue weighted by atomic mass is 9.88. The number of hydrogen-bond acceptors (Lipinski definition) is 3. The van der Waals surface area contributed by atoms with Gasteiger partial charge in [0.25, 0.3) is 0 Å². The summed E-state index contributed by atoms with van der Waals surface area (Å²) >= 11 is 0. The molecule has 0 fully saturated rings. The average Bonchev–Trinajstić information content (AvgIpc) is 2.35. The third-order valence-corrected chi connectivity index (χ3v) is 4.60. The van der Waals surface area contributed by atoms with Gasteiger partial charge in [-0.15, -0.1) is 0 Å². The molecule has 1 unspecified atom stereocenters. The highest BCUT2D eigenvalue weighted by molar-refractivity contribution is 7.89. The lowest BCUT2D eigenvalue weighted by Gasteiger charge is -2.27. The van der Waals surface area contributed by atoms with Gasteiger partial charge in [-0.2, -0.15) is 4.72 Å². The van der Waals surface area contributed by atoms with Crippen LogP contribution in [0.3, 0.4) is 0 Å². The zero-order chi connectivity index (χ0) is 16.3. The molecule has 0 aliphatic rings. The molecule has 2 N–H and O–H groups in total. The highest BCUT2D eigenvalue weighted by Gasteiger charge is 2.35. The molecule has 0 aliphatic carbocycles. The first-order valence-electron chi connectivity index (χ1n) is 6.92. The van der Waals surface area contributed by atoms with E-state index in [1.165, 1.54) is 12.1 Å². The van der Waals surface area contributed by atoms with E-state index in [9.17, 15) is 18.3 Å². The van der Waals surface area contributed by atoms with E-state index in [2.05, 4.69) is 4.72 Å². The fourth-order valence-electron chi connectivity index (χ4n) is 1.94. The molecule has 0 saturated carbocycles. The van der Waals surface area contributed by atoms with Crippen molar-refractivity contribution in [2.24, 2.45) is 5.41 Å². The van der Waals surface area contributed by atoms with E-state index in [1.807, 2.05) is 6.92 Å². The number of hydrogen-bond donors (Lipinski definition) is 2. The van der Waals surface area contributed by atoms with Crippen molar-refractivity contribution in [3.05, 3.63) is 29.8 Å². The van der Waals surface area contributed by atoms with Crippen LogP contribution in [-0.2, 0) is 21.2 Å². The molecule has 1 aromatic rings. The van der Waals surface area contributed by atoms with Gasteiger partial charge in [-0.05, 0) is 29.5 Å². The Hall–Kier alpha value is -1.40. The van der Waals surface area contributed by atoms with Crippen LogP contribution in [0.4, 0.5) is 0 Å². The summed E-state index contributed by atoms with van der Waals surface area (Å²) in [5.74, 6) is -1.19. The van der Waals surface area contributed by atoms with Crippen LogP contribution >= 0.6 is 0 Å². The first kappa shape index (κ1) is 17.7. The number of aliphatic carboxylic acids is 1. The fourth-order valence-corrected chi connectivity index (χ4v) is 3.34. The number of nitrogens with one attached hydrogen (secondary N) is 1. The first-order valence-corrected chi connectivity index (χ1v) is 8.40. The lowest BCUT2D eigenvalue weighted by molar-refractivity contribution is -0.141. The molecule has 0 radical (unpaired) electrons. The molecule has 0 bridgehead atoms. The van der Waals surface area contributed by atoms with Crippen LogP contribution in [-0.4, -0.2) is 25.5 Å². The van der Waals surface area contributed by atoms with Gasteiger partial charge in [-0.3, -0.25) is 4.79 Å². The molecule has 21 heavy (non-hydrogen) atoms. The van der Waals surface area contributed by atoms with Crippen LogP contribution in [0.25, 0.3) is 0 Å². The maximum absolute atomic E-state index is 12.3. The molecular formula is C15H23NO4S. The van der Waals surface area contributed by atoms with Crippen molar-refractivity contribution in [1.82, 2.24) is 4.72 Å². The van der Waals surface area contributed by atoms with Gasteiger partial charge in [-0.25, -0.2) is 8.42 Å². The van der Waals surface area contributed by atoms with Gasteiger partial charge >= 0.3 is 5.97 Å². The third kappa shape index (κ3) is 4.82. The Morgan fingerprint density at radius 3 is 2.14 bits per heavy atom. The topological polar surface area (TPSA) is 83.5 Å². The minimum Gasteiger partial charge on any atom is -0.480 e. The van der Waals surface area contributed by atoms with E-state index in [-0.39, 0.29) is 4.90 Å². The zero-order valence-electron chi connectivity index (χ0n) is 12.9. The molecule has 0 saturated heterocycles. The number of carboxylic acids is 1. The second kappa shape index (κ2) is 6.58. The van der Waals surface area contributed by atoms with Crippen LogP contribution in [0, 0.1) is 5.41 Å². The van der Waals surface area contributed by atoms with Crippen LogP contribution < -0.4 is 4.72 Å². The summed E-state index contributed by atoms with van der Waals surface area (Å²) in [6.07, 6.45) is 1.86. The zero-order valence-corrected chi connectivity index (χ0v) is 13.7. The number of aryl methyl sites for hydroxylation is 1. The first-order chi connectivity index (χ1) is 9.58. The Morgan fingerprint density at radius 1 is 1.24 bits per heavy atom. The molecule has 1 rings (SSSR count). The number of carboxylic acid groups (broad SMARTS) is 1. The molecule has 0 aromatic heterocycles. The summed E-state index contributed by atoms with van der Waals surface area (Å²) in [5, 5.41) is 9.21. The van der Waals surface area contributed by atoms with Crippen molar-refractivity contribution in [3.8, 4) is 0 Å². The third-order valence-electron chi connectivity index (χ3n) is 3.16. The van der Waals surface area contributed by atoms with Crippen molar-refractivity contribution in [1.29, 1.82) is 0 Å². The minimum absolute atomic E-state index is 0.0813. The monoisotopic (exact) mass is 313 g/mol. The number of carbonyl (C=O) groups is 1. The predicted molar refractivity (Wildman–Crippen MR) is 81.6 cm³/mol. The second-order valence-corrected chi connectivity index (χ2v) is 7.87. The number of sulfonamides is 1. The lowest BCUT2D eigenvalue weighted by Crippen LogP contribution is -2.48. The van der Waals surface area contributed by atoms with Crippen molar-refractivity contribution >= 4 is 16.0 Å². The molecule has 5 nitrogen and oxygen atoms in total. The molecule has 6 heteroatoms. The van der Waals surface area contributed by atoms with Crippen molar-refractivity contribution < 1.29 is 18.3 Å². The van der Waals surface area contributed by atoms with Crippen molar-refractivity contribution in [3.63, 3.8) is 0 Å². The quantitative estimate of drug-likeness (QED) is 0.845. The Balaban J connectivity index is 3.02. The van der Waals surface area contributed by atoms with Gasteiger partial charge in [-0.1, -0.05) is 46.2 Å². The van der Waals surface area contributed by atoms with Gasteiger partial charge in [0.1, 0.15) is 6.04 Å². The van der Waals surface area contributed by atoms with Crippen molar-refractivity contribution in [2.75, 3.05) is 0 Å². The summed E-state index contributed by atoms with van der Waals surface area (Å²) in [6, 6.07) is 5.34. The standard InChI is InChI=1S/C15H23NO4S/c1-5-6-11-7-9-12(10-8-11)21(19,20)16-13(14(17)18)15(2,3)4/h7-10,13,16H,5-6H2,1-4H3,(H,17,18). The van der Waals surface area contributed by atoms with Crippen LogP contribution in [0.1, 0.15) is 39.7 Å². The van der Waals surface area contributed by atoms with Crippen LogP contribution in [0.5, 0.6) is 0 Å². The summed E-state index contributed by atoms with van der Waals surface area (Å²) < 4.78 is 26.9. The predicted octanol–water partition coefficient (Wildman–Crippen LogP) is 2.42. The molecule has 118 valence electrons. The van der Waals surface area contributed by atoms with Gasteiger partial charge in [0.05, 0.1) is 4.90 Å². The molecule has 0 aliphatic heterocycles. The number of rotatable bonds is 6. The van der Waals surface area contributed by atoms with E-state index in [4.69, 9.17) is 0 Å². The Morgan fingerprint density at radius 2 is 1.76 bits per heavy atom. The van der Waals surface area contributed by atoms with Gasteiger partial charge in [0.2, 0.25) is 10.0 Å². The largest absolute Gasteiger partial charge is 0.480 e. The van der Waals surface area contributed by atoms with Gasteiger partial charge < -0.3 is 5.11 Å². The highest BCUT2D eigenvalue weighted by atomic mass is 32.2. The van der Waals surface area contributed by atoms with Gasteiger partial charge in [0.15, 0.2) is 0 Å². The van der Waals surface area contributed by atoms with E-state index >= 15 is 0 Å². The van der Waals surface area contributed by atoms with E-state index in [0.29, 0.717) is 0 Å². The highest BCUT2D eigenvalue weighted by Crippen LogP contribution is 2.22.